The molecule has 27 heavy (non-hydrogen) atoms. The molecule has 0 bridgehead atoms. The number of nitrogens with one attached hydrogen (secondary N) is 1. The number of rotatable bonds is 1. The molecule has 10 heteroatoms. The van der Waals surface area contributed by atoms with E-state index in [1.54, 1.807) is 12.4 Å². The maximum atomic E-state index is 12.5. The van der Waals surface area contributed by atoms with Crippen LogP contribution in [-0.4, -0.2) is 58.6 Å². The summed E-state index contributed by atoms with van der Waals surface area (Å²) in [4.78, 5) is 38.7. The Labute approximate surface area is 153 Å². The number of hydrogen-bond donors (Lipinski definition) is 2. The van der Waals surface area contributed by atoms with Gasteiger partial charge < -0.3 is 15.3 Å². The van der Waals surface area contributed by atoms with Gasteiger partial charge in [-0.25, -0.2) is 4.79 Å². The van der Waals surface area contributed by atoms with E-state index in [-0.39, 0.29) is 17.2 Å². The molecular weight excluding hydrogens is 367 g/mol. The fraction of sp³-hybridized carbons (Fsp3) is 0.529. The highest BCUT2D eigenvalue weighted by atomic mass is 19.4. The highest BCUT2D eigenvalue weighted by Crippen LogP contribution is 2.37. The number of aryl methyl sites for hydroxylation is 1. The van der Waals surface area contributed by atoms with Crippen LogP contribution < -0.4 is 5.32 Å². The van der Waals surface area contributed by atoms with Crippen molar-refractivity contribution in [3.05, 3.63) is 29.6 Å². The maximum Gasteiger partial charge on any atom is 0.490 e. The van der Waals surface area contributed by atoms with Crippen LogP contribution in [0.1, 0.15) is 35.2 Å². The van der Waals surface area contributed by atoms with Crippen molar-refractivity contribution in [2.24, 2.45) is 5.41 Å². The van der Waals surface area contributed by atoms with Crippen LogP contribution in [0.2, 0.25) is 0 Å². The molecule has 0 aromatic carbocycles. The van der Waals surface area contributed by atoms with Gasteiger partial charge in [0.25, 0.3) is 5.91 Å². The first kappa shape index (κ1) is 20.7. The summed E-state index contributed by atoms with van der Waals surface area (Å²) in [6.07, 6.45) is 0.671. The summed E-state index contributed by atoms with van der Waals surface area (Å²) in [6, 6.07) is 1.86. The molecule has 0 atom stereocenters. The van der Waals surface area contributed by atoms with Crippen molar-refractivity contribution in [2.45, 2.75) is 32.4 Å². The molecular formula is C17H20F3N3O4. The van der Waals surface area contributed by atoms with E-state index in [2.05, 4.69) is 10.3 Å². The van der Waals surface area contributed by atoms with Gasteiger partial charge in [-0.2, -0.15) is 13.2 Å². The molecule has 2 aliphatic heterocycles. The molecule has 2 N–H and O–H groups in total. The molecule has 148 valence electrons. The third-order valence-corrected chi connectivity index (χ3v) is 4.82. The average molecular weight is 387 g/mol. The van der Waals surface area contributed by atoms with Crippen molar-refractivity contribution in [3.63, 3.8) is 0 Å². The average Bonchev–Trinajstić information content (AvgIpc) is 2.95. The SMILES string of the molecule is Cc1ccncc1C(=O)N1CCC2(CC1)CNC(=O)C2.O=C(O)C(F)(F)F. The Kier molecular flexibility index (Phi) is 6.07. The molecule has 0 unspecified atom stereocenters. The number of pyridine rings is 1. The number of halogens is 3. The van der Waals surface area contributed by atoms with Crippen LogP contribution >= 0.6 is 0 Å². The summed E-state index contributed by atoms with van der Waals surface area (Å²) in [5.41, 5.74) is 1.73. The van der Waals surface area contributed by atoms with E-state index >= 15 is 0 Å². The van der Waals surface area contributed by atoms with Gasteiger partial charge in [0.1, 0.15) is 0 Å². The molecule has 1 spiro atoms. The number of alkyl halides is 3. The van der Waals surface area contributed by atoms with Crippen LogP contribution in [0.5, 0.6) is 0 Å². The molecule has 3 rings (SSSR count). The van der Waals surface area contributed by atoms with E-state index in [0.717, 1.165) is 38.0 Å². The van der Waals surface area contributed by atoms with Gasteiger partial charge in [-0.15, -0.1) is 0 Å². The largest absolute Gasteiger partial charge is 0.490 e. The number of carboxylic acids is 1. The molecule has 2 aliphatic rings. The lowest BCUT2D eigenvalue weighted by molar-refractivity contribution is -0.192. The standard InChI is InChI=1S/C15H19N3O2.C2HF3O2/c1-11-2-5-16-9-12(11)14(20)18-6-3-15(4-7-18)8-13(19)17-10-15;3-2(4,5)1(6)7/h2,5,9H,3-4,6-8,10H2,1H3,(H,17,19);(H,6,7). The third kappa shape index (κ3) is 5.18. The number of nitrogens with zero attached hydrogens (tertiary/aromatic N) is 2. The summed E-state index contributed by atoms with van der Waals surface area (Å²) in [5, 5.41) is 10.0. The van der Waals surface area contributed by atoms with Crippen LogP contribution in [0, 0.1) is 12.3 Å². The van der Waals surface area contributed by atoms with Gasteiger partial charge in [0.15, 0.2) is 0 Å². The molecule has 7 nitrogen and oxygen atoms in total. The number of aliphatic carboxylic acids is 1. The molecule has 2 amide bonds. The van der Waals surface area contributed by atoms with Crippen molar-refractivity contribution >= 4 is 17.8 Å². The van der Waals surface area contributed by atoms with Crippen LogP contribution in [0.4, 0.5) is 13.2 Å². The van der Waals surface area contributed by atoms with Crippen molar-refractivity contribution in [1.82, 2.24) is 15.2 Å². The molecule has 0 aliphatic carbocycles. The van der Waals surface area contributed by atoms with E-state index in [4.69, 9.17) is 9.90 Å². The lowest BCUT2D eigenvalue weighted by Gasteiger charge is -2.38. The normalized spacial score (nSPS) is 18.5. The molecule has 1 aromatic rings. The van der Waals surface area contributed by atoms with E-state index in [0.29, 0.717) is 12.0 Å². The molecule has 0 saturated carbocycles. The lowest BCUT2D eigenvalue weighted by Crippen LogP contribution is -2.44. The summed E-state index contributed by atoms with van der Waals surface area (Å²) >= 11 is 0. The summed E-state index contributed by atoms with van der Waals surface area (Å²) < 4.78 is 31.7. The van der Waals surface area contributed by atoms with E-state index < -0.39 is 12.1 Å². The number of likely N-dealkylation sites (tertiary alicyclic amines) is 1. The van der Waals surface area contributed by atoms with Gasteiger partial charge in [-0.1, -0.05) is 0 Å². The van der Waals surface area contributed by atoms with Crippen molar-refractivity contribution in [1.29, 1.82) is 0 Å². The minimum atomic E-state index is -5.08. The fourth-order valence-corrected chi connectivity index (χ4v) is 3.15. The zero-order valence-electron chi connectivity index (χ0n) is 14.7. The second-order valence-electron chi connectivity index (χ2n) is 6.74. The maximum absolute atomic E-state index is 12.5. The highest BCUT2D eigenvalue weighted by Gasteiger charge is 2.41. The van der Waals surface area contributed by atoms with Crippen LogP contribution in [0.3, 0.4) is 0 Å². The first-order valence-electron chi connectivity index (χ1n) is 8.31. The summed E-state index contributed by atoms with van der Waals surface area (Å²) in [6.45, 7) is 4.14. The number of hydrogen-bond acceptors (Lipinski definition) is 4. The molecule has 2 saturated heterocycles. The van der Waals surface area contributed by atoms with Crippen LogP contribution in [0.25, 0.3) is 0 Å². The van der Waals surface area contributed by atoms with E-state index in [1.807, 2.05) is 17.9 Å². The predicted molar refractivity (Wildman–Crippen MR) is 87.9 cm³/mol. The number of amides is 2. The summed E-state index contributed by atoms with van der Waals surface area (Å²) in [5.74, 6) is -2.55. The zero-order chi connectivity index (χ0) is 20.2. The Balaban J connectivity index is 0.000000321. The molecule has 2 fully saturated rings. The van der Waals surface area contributed by atoms with E-state index in [9.17, 15) is 22.8 Å². The highest BCUT2D eigenvalue weighted by molar-refractivity contribution is 5.95. The van der Waals surface area contributed by atoms with Gasteiger partial charge in [-0.3, -0.25) is 14.6 Å². The van der Waals surface area contributed by atoms with Crippen LogP contribution in [-0.2, 0) is 9.59 Å². The molecule has 3 heterocycles. The van der Waals surface area contributed by atoms with Gasteiger partial charge in [0.2, 0.25) is 5.91 Å². The summed E-state index contributed by atoms with van der Waals surface area (Å²) in [7, 11) is 0. The number of carboxylic acid groups (broad SMARTS) is 1. The van der Waals surface area contributed by atoms with Gasteiger partial charge in [-0.05, 0) is 36.8 Å². The number of piperidine rings is 1. The van der Waals surface area contributed by atoms with Crippen LogP contribution in [0.15, 0.2) is 18.5 Å². The first-order chi connectivity index (χ1) is 12.5. The Bertz CT molecular complexity index is 728. The van der Waals surface area contributed by atoms with E-state index in [1.165, 1.54) is 0 Å². The number of aromatic nitrogens is 1. The smallest absolute Gasteiger partial charge is 0.475 e. The number of carbonyl (C=O) groups excluding carboxylic acids is 2. The Hall–Kier alpha value is -2.65. The minimum Gasteiger partial charge on any atom is -0.475 e. The molecule has 0 radical (unpaired) electrons. The monoisotopic (exact) mass is 387 g/mol. The van der Waals surface area contributed by atoms with Crippen molar-refractivity contribution < 1.29 is 32.7 Å². The zero-order valence-corrected chi connectivity index (χ0v) is 14.7. The second-order valence-corrected chi connectivity index (χ2v) is 6.74. The predicted octanol–water partition coefficient (Wildman–Crippen LogP) is 1.77. The first-order valence-corrected chi connectivity index (χ1v) is 8.31. The Morgan fingerprint density at radius 2 is 1.89 bits per heavy atom. The molecule has 1 aromatic heterocycles. The lowest BCUT2D eigenvalue weighted by atomic mass is 9.77. The minimum absolute atomic E-state index is 0.0581. The van der Waals surface area contributed by atoms with Crippen molar-refractivity contribution in [2.75, 3.05) is 19.6 Å². The van der Waals surface area contributed by atoms with Gasteiger partial charge in [0.05, 0.1) is 5.56 Å². The van der Waals surface area contributed by atoms with Crippen molar-refractivity contribution in [3.8, 4) is 0 Å². The van der Waals surface area contributed by atoms with Gasteiger partial charge in [0, 0.05) is 38.4 Å². The second kappa shape index (κ2) is 7.93. The number of carbonyl (C=O) groups is 3. The third-order valence-electron chi connectivity index (χ3n) is 4.82. The quantitative estimate of drug-likeness (QED) is 0.765. The fourth-order valence-electron chi connectivity index (χ4n) is 3.15. The Morgan fingerprint density at radius 1 is 1.30 bits per heavy atom. The topological polar surface area (TPSA) is 99.6 Å². The Morgan fingerprint density at radius 3 is 2.33 bits per heavy atom. The van der Waals surface area contributed by atoms with Gasteiger partial charge >= 0.3 is 12.1 Å².